The minimum atomic E-state index is -4.69. The fourth-order valence-corrected chi connectivity index (χ4v) is 1.08. The van der Waals surface area contributed by atoms with Crippen molar-refractivity contribution >= 4 is 0 Å². The Morgan fingerprint density at radius 2 is 2.06 bits per heavy atom. The number of rotatable bonds is 5. The number of halogens is 3. The minimum Gasteiger partial charge on any atom is -0.383 e. The van der Waals surface area contributed by atoms with Gasteiger partial charge in [-0.1, -0.05) is 5.16 Å². The fourth-order valence-electron chi connectivity index (χ4n) is 1.08. The molecule has 0 aliphatic rings. The van der Waals surface area contributed by atoms with Gasteiger partial charge in [0.15, 0.2) is 11.9 Å². The molecule has 0 saturated carbocycles. The van der Waals surface area contributed by atoms with Crippen LogP contribution in [0.1, 0.15) is 18.6 Å². The molecule has 0 fully saturated rings. The summed E-state index contributed by atoms with van der Waals surface area (Å²) in [6.07, 6.45) is -7.74. The molecule has 0 spiro atoms. The molecule has 1 rings (SSSR count). The molecule has 1 aromatic rings. The number of hydrogen-bond acceptors (Lipinski definition) is 5. The number of nitrogens with zero attached hydrogens (tertiary/aromatic N) is 2. The third-order valence-electron chi connectivity index (χ3n) is 2.13. The molecule has 0 aromatic carbocycles. The standard InChI is InChI=1S/C9H13F3N2O3/c1-5(16-2)3-7-13-8(17-14-7)4-6(15)9(10,11)12/h5-6,15H,3-4H2,1-2H3. The van der Waals surface area contributed by atoms with Crippen molar-refractivity contribution in [2.45, 2.75) is 38.1 Å². The van der Waals surface area contributed by atoms with Crippen LogP contribution < -0.4 is 0 Å². The lowest BCUT2D eigenvalue weighted by molar-refractivity contribution is -0.204. The highest BCUT2D eigenvalue weighted by Crippen LogP contribution is 2.22. The molecular weight excluding hydrogens is 241 g/mol. The summed E-state index contributed by atoms with van der Waals surface area (Å²) < 4.78 is 45.7. The van der Waals surface area contributed by atoms with Gasteiger partial charge in [-0.15, -0.1) is 0 Å². The molecular formula is C9H13F3N2O3. The van der Waals surface area contributed by atoms with Gasteiger partial charge in [0.25, 0.3) is 0 Å². The largest absolute Gasteiger partial charge is 0.414 e. The second-order valence-corrected chi connectivity index (χ2v) is 3.62. The first-order valence-electron chi connectivity index (χ1n) is 4.92. The van der Waals surface area contributed by atoms with Crippen LogP contribution in [-0.4, -0.2) is 40.7 Å². The number of ether oxygens (including phenoxy) is 1. The number of aliphatic hydroxyl groups excluding tert-OH is 1. The van der Waals surface area contributed by atoms with Gasteiger partial charge in [0, 0.05) is 13.5 Å². The molecule has 0 radical (unpaired) electrons. The van der Waals surface area contributed by atoms with E-state index in [9.17, 15) is 13.2 Å². The summed E-state index contributed by atoms with van der Waals surface area (Å²) in [6.45, 7) is 1.76. The average Bonchev–Trinajstić information content (AvgIpc) is 2.64. The van der Waals surface area contributed by atoms with Crippen molar-refractivity contribution in [3.05, 3.63) is 11.7 Å². The summed E-state index contributed by atoms with van der Waals surface area (Å²) >= 11 is 0. The van der Waals surface area contributed by atoms with Crippen molar-refractivity contribution in [1.29, 1.82) is 0 Å². The predicted octanol–water partition coefficient (Wildman–Crippen LogP) is 1.11. The highest BCUT2D eigenvalue weighted by molar-refractivity contribution is 4.90. The van der Waals surface area contributed by atoms with E-state index in [0.717, 1.165) is 0 Å². The Balaban J connectivity index is 2.57. The van der Waals surface area contributed by atoms with Crippen molar-refractivity contribution in [2.24, 2.45) is 0 Å². The van der Waals surface area contributed by atoms with Crippen molar-refractivity contribution < 1.29 is 27.5 Å². The number of aromatic nitrogens is 2. The number of alkyl halides is 3. The minimum absolute atomic E-state index is 0.159. The highest BCUT2D eigenvalue weighted by atomic mass is 19.4. The second-order valence-electron chi connectivity index (χ2n) is 3.62. The van der Waals surface area contributed by atoms with Gasteiger partial charge < -0.3 is 14.4 Å². The third kappa shape index (κ3) is 4.31. The lowest BCUT2D eigenvalue weighted by Gasteiger charge is -2.11. The van der Waals surface area contributed by atoms with E-state index in [2.05, 4.69) is 14.7 Å². The van der Waals surface area contributed by atoms with Crippen molar-refractivity contribution in [3.63, 3.8) is 0 Å². The predicted molar refractivity (Wildman–Crippen MR) is 50.2 cm³/mol. The van der Waals surface area contributed by atoms with Crippen LogP contribution in [0.2, 0.25) is 0 Å². The summed E-state index contributed by atoms with van der Waals surface area (Å²) in [5.74, 6) is 0.0110. The monoisotopic (exact) mass is 254 g/mol. The summed E-state index contributed by atoms with van der Waals surface area (Å²) in [5.41, 5.74) is 0. The molecule has 1 heterocycles. The van der Waals surface area contributed by atoms with E-state index in [-0.39, 0.29) is 17.8 Å². The summed E-state index contributed by atoms with van der Waals surface area (Å²) in [4.78, 5) is 3.73. The van der Waals surface area contributed by atoms with Gasteiger partial charge in [0.2, 0.25) is 5.89 Å². The van der Waals surface area contributed by atoms with E-state index < -0.39 is 18.7 Å². The van der Waals surface area contributed by atoms with Gasteiger partial charge in [-0.05, 0) is 6.92 Å². The molecule has 98 valence electrons. The Hall–Kier alpha value is -1.15. The van der Waals surface area contributed by atoms with Gasteiger partial charge in [0.05, 0.1) is 12.5 Å². The van der Waals surface area contributed by atoms with E-state index in [1.807, 2.05) is 0 Å². The molecule has 2 unspecified atom stereocenters. The Morgan fingerprint density at radius 3 is 2.59 bits per heavy atom. The van der Waals surface area contributed by atoms with E-state index in [4.69, 9.17) is 9.84 Å². The molecule has 0 bridgehead atoms. The Morgan fingerprint density at radius 1 is 1.41 bits per heavy atom. The van der Waals surface area contributed by atoms with Crippen LogP contribution >= 0.6 is 0 Å². The number of hydrogen-bond donors (Lipinski definition) is 1. The zero-order chi connectivity index (χ0) is 13.1. The first-order valence-corrected chi connectivity index (χ1v) is 4.92. The topological polar surface area (TPSA) is 68.4 Å². The first-order chi connectivity index (χ1) is 7.82. The zero-order valence-corrected chi connectivity index (χ0v) is 9.36. The maximum absolute atomic E-state index is 12.0. The normalized spacial score (nSPS) is 15.9. The van der Waals surface area contributed by atoms with Gasteiger partial charge in [-0.3, -0.25) is 0 Å². The average molecular weight is 254 g/mol. The molecule has 1 aromatic heterocycles. The zero-order valence-electron chi connectivity index (χ0n) is 9.36. The maximum Gasteiger partial charge on any atom is 0.414 e. The van der Waals surface area contributed by atoms with Crippen LogP contribution in [0.3, 0.4) is 0 Å². The van der Waals surface area contributed by atoms with Crippen LogP contribution in [0.15, 0.2) is 4.52 Å². The van der Waals surface area contributed by atoms with Gasteiger partial charge in [-0.2, -0.15) is 18.2 Å². The first kappa shape index (κ1) is 13.9. The summed E-state index contributed by atoms with van der Waals surface area (Å²) in [7, 11) is 1.50. The highest BCUT2D eigenvalue weighted by Gasteiger charge is 2.39. The SMILES string of the molecule is COC(C)Cc1noc(CC(O)C(F)(F)F)n1. The molecule has 1 N–H and O–H groups in total. The van der Waals surface area contributed by atoms with Crippen molar-refractivity contribution in [3.8, 4) is 0 Å². The van der Waals surface area contributed by atoms with Crippen LogP contribution in [0, 0.1) is 0 Å². The van der Waals surface area contributed by atoms with Crippen LogP contribution in [0.5, 0.6) is 0 Å². The molecule has 0 saturated heterocycles. The maximum atomic E-state index is 12.0. The van der Waals surface area contributed by atoms with Crippen molar-refractivity contribution in [1.82, 2.24) is 10.1 Å². The van der Waals surface area contributed by atoms with Crippen LogP contribution in [0.25, 0.3) is 0 Å². The second kappa shape index (κ2) is 5.46. The number of methoxy groups -OCH3 is 1. The summed E-state index contributed by atoms with van der Waals surface area (Å²) in [5, 5.41) is 12.3. The van der Waals surface area contributed by atoms with E-state index >= 15 is 0 Å². The Bertz CT molecular complexity index is 354. The molecule has 0 amide bonds. The molecule has 0 aliphatic carbocycles. The van der Waals surface area contributed by atoms with Crippen LogP contribution in [-0.2, 0) is 17.6 Å². The van der Waals surface area contributed by atoms with Crippen LogP contribution in [0.4, 0.5) is 13.2 Å². The molecule has 5 nitrogen and oxygen atoms in total. The van der Waals surface area contributed by atoms with Gasteiger partial charge in [-0.25, -0.2) is 0 Å². The lowest BCUT2D eigenvalue weighted by atomic mass is 10.2. The summed E-state index contributed by atoms with van der Waals surface area (Å²) in [6, 6.07) is 0. The lowest BCUT2D eigenvalue weighted by Crippen LogP contribution is -2.30. The smallest absolute Gasteiger partial charge is 0.383 e. The molecule has 2 atom stereocenters. The molecule has 0 aliphatic heterocycles. The fraction of sp³-hybridized carbons (Fsp3) is 0.778. The third-order valence-corrected chi connectivity index (χ3v) is 2.13. The van der Waals surface area contributed by atoms with E-state index in [1.54, 1.807) is 6.92 Å². The quantitative estimate of drug-likeness (QED) is 0.852. The Kier molecular flexibility index (Phi) is 4.47. The number of aliphatic hydroxyl groups is 1. The van der Waals surface area contributed by atoms with Gasteiger partial charge >= 0.3 is 6.18 Å². The van der Waals surface area contributed by atoms with E-state index in [0.29, 0.717) is 6.42 Å². The Labute approximate surface area is 95.6 Å². The van der Waals surface area contributed by atoms with Gasteiger partial charge in [0.1, 0.15) is 0 Å². The molecule has 17 heavy (non-hydrogen) atoms. The van der Waals surface area contributed by atoms with E-state index in [1.165, 1.54) is 7.11 Å². The van der Waals surface area contributed by atoms with Crippen molar-refractivity contribution in [2.75, 3.05) is 7.11 Å². The molecule has 8 heteroatoms.